The summed E-state index contributed by atoms with van der Waals surface area (Å²) in [4.78, 5) is 34.3. The van der Waals surface area contributed by atoms with Gasteiger partial charge in [-0.05, 0) is 57.2 Å². The average molecular weight is 410 g/mol. The van der Waals surface area contributed by atoms with E-state index >= 15 is 0 Å². The van der Waals surface area contributed by atoms with Crippen LogP contribution in [-0.4, -0.2) is 55.5 Å². The second-order valence-corrected chi connectivity index (χ2v) is 8.68. The van der Waals surface area contributed by atoms with Crippen LogP contribution in [0.2, 0.25) is 0 Å². The van der Waals surface area contributed by atoms with Gasteiger partial charge in [-0.2, -0.15) is 5.10 Å². The average Bonchev–Trinajstić information content (AvgIpc) is 3.02. The largest absolute Gasteiger partial charge is 0.339 e. The highest BCUT2D eigenvalue weighted by atomic mass is 16.2. The fraction of sp³-hybridized carbons (Fsp3) is 0.565. The van der Waals surface area contributed by atoms with Gasteiger partial charge in [0.05, 0.1) is 5.69 Å². The van der Waals surface area contributed by atoms with Crippen molar-refractivity contribution in [1.82, 2.24) is 24.6 Å². The minimum atomic E-state index is 0.0523. The Bertz CT molecular complexity index is 890. The third kappa shape index (κ3) is 4.55. The van der Waals surface area contributed by atoms with Crippen LogP contribution in [0.25, 0.3) is 0 Å². The number of nitrogens with zero attached hydrogens (tertiary/aromatic N) is 5. The highest BCUT2D eigenvalue weighted by molar-refractivity contribution is 5.80. The van der Waals surface area contributed by atoms with E-state index in [0.717, 1.165) is 55.6 Å². The zero-order valence-corrected chi connectivity index (χ0v) is 18.0. The third-order valence-corrected chi connectivity index (χ3v) is 6.39. The normalized spacial score (nSPS) is 19.4. The van der Waals surface area contributed by atoms with Crippen LogP contribution in [0.4, 0.5) is 0 Å². The molecule has 1 aliphatic heterocycles. The van der Waals surface area contributed by atoms with Gasteiger partial charge in [0, 0.05) is 49.7 Å². The molecule has 2 amide bonds. The zero-order valence-electron chi connectivity index (χ0n) is 18.0. The molecule has 7 heteroatoms. The van der Waals surface area contributed by atoms with Gasteiger partial charge in [0.25, 0.3) is 0 Å². The maximum atomic E-state index is 13.2. The first-order chi connectivity index (χ1) is 14.5. The van der Waals surface area contributed by atoms with Gasteiger partial charge in [0.2, 0.25) is 11.8 Å². The summed E-state index contributed by atoms with van der Waals surface area (Å²) in [6, 6.07) is 5.96. The summed E-state index contributed by atoms with van der Waals surface area (Å²) in [5.74, 6) is 0.453. The molecule has 0 radical (unpaired) electrons. The van der Waals surface area contributed by atoms with Crippen LogP contribution < -0.4 is 0 Å². The molecule has 0 N–H and O–H groups in total. The van der Waals surface area contributed by atoms with E-state index in [2.05, 4.69) is 10.1 Å². The van der Waals surface area contributed by atoms with Crippen LogP contribution in [0, 0.1) is 19.8 Å². The molecule has 1 saturated carbocycles. The third-order valence-electron chi connectivity index (χ3n) is 6.39. The highest BCUT2D eigenvalue weighted by Gasteiger charge is 2.36. The predicted molar refractivity (Wildman–Crippen MR) is 113 cm³/mol. The minimum Gasteiger partial charge on any atom is -0.339 e. The number of rotatable bonds is 6. The fourth-order valence-corrected chi connectivity index (χ4v) is 4.46. The topological polar surface area (TPSA) is 71.3 Å². The summed E-state index contributed by atoms with van der Waals surface area (Å²) in [5.41, 5.74) is 2.95. The molecule has 2 aromatic rings. The quantitative estimate of drug-likeness (QED) is 0.735. The molecule has 2 fully saturated rings. The van der Waals surface area contributed by atoms with Gasteiger partial charge in [0.15, 0.2) is 0 Å². The molecular weight excluding hydrogens is 378 g/mol. The molecule has 0 spiro atoms. The van der Waals surface area contributed by atoms with Gasteiger partial charge < -0.3 is 9.80 Å². The molecule has 1 saturated heterocycles. The number of hydrogen-bond acceptors (Lipinski definition) is 4. The van der Waals surface area contributed by atoms with Crippen molar-refractivity contribution >= 4 is 11.8 Å². The first-order valence-corrected chi connectivity index (χ1v) is 11.0. The van der Waals surface area contributed by atoms with E-state index < -0.39 is 0 Å². The zero-order chi connectivity index (χ0) is 21.1. The maximum absolute atomic E-state index is 13.2. The van der Waals surface area contributed by atoms with Crippen LogP contribution in [0.1, 0.15) is 49.1 Å². The molecule has 0 aromatic carbocycles. The number of piperidine rings is 1. The first-order valence-electron chi connectivity index (χ1n) is 11.0. The van der Waals surface area contributed by atoms with Gasteiger partial charge in [-0.15, -0.1) is 0 Å². The Balaban J connectivity index is 1.47. The van der Waals surface area contributed by atoms with Crippen molar-refractivity contribution < 1.29 is 9.59 Å². The summed E-state index contributed by atoms with van der Waals surface area (Å²) in [6.45, 7) is 6.06. The van der Waals surface area contributed by atoms with Crippen LogP contribution in [-0.2, 0) is 22.7 Å². The van der Waals surface area contributed by atoms with Gasteiger partial charge in [-0.25, -0.2) is 0 Å². The van der Waals surface area contributed by atoms with Crippen LogP contribution in [0.3, 0.4) is 0 Å². The van der Waals surface area contributed by atoms with Crippen molar-refractivity contribution in [3.05, 3.63) is 47.5 Å². The molecule has 30 heavy (non-hydrogen) atoms. The lowest BCUT2D eigenvalue weighted by atomic mass is 9.83. The van der Waals surface area contributed by atoms with Crippen LogP contribution >= 0.6 is 0 Å². The first kappa shape index (κ1) is 20.6. The SMILES string of the molecule is Cc1cc(C)n(CC(=O)N2CCCC(N(Cc3cccnc3)C(=O)C3CCC3)C2)n1. The molecule has 1 unspecified atom stereocenters. The summed E-state index contributed by atoms with van der Waals surface area (Å²) in [7, 11) is 0. The van der Waals surface area contributed by atoms with E-state index in [1.807, 2.05) is 48.0 Å². The lowest BCUT2D eigenvalue weighted by Gasteiger charge is -2.42. The standard InChI is InChI=1S/C23H31N5O2/c1-17-12-18(2)28(25-17)16-22(29)26-11-5-9-21(15-26)27(23(30)20-7-3-8-20)14-19-6-4-10-24-13-19/h4,6,10,12-13,20-21H,3,5,7-9,11,14-16H2,1-2H3. The lowest BCUT2D eigenvalue weighted by Crippen LogP contribution is -2.53. The Kier molecular flexibility index (Phi) is 6.16. The number of amides is 2. The maximum Gasteiger partial charge on any atom is 0.244 e. The molecule has 2 aliphatic rings. The molecule has 0 bridgehead atoms. The molecule has 7 nitrogen and oxygen atoms in total. The van der Waals surface area contributed by atoms with E-state index in [9.17, 15) is 9.59 Å². The van der Waals surface area contributed by atoms with Crippen molar-refractivity contribution in [2.45, 2.75) is 65.1 Å². The summed E-state index contributed by atoms with van der Waals surface area (Å²) in [5, 5.41) is 4.42. The molecule has 1 aliphatic carbocycles. The minimum absolute atomic E-state index is 0.0523. The Morgan fingerprint density at radius 3 is 2.67 bits per heavy atom. The van der Waals surface area contributed by atoms with Crippen molar-refractivity contribution in [2.24, 2.45) is 5.92 Å². The van der Waals surface area contributed by atoms with E-state index in [0.29, 0.717) is 13.1 Å². The molecule has 160 valence electrons. The summed E-state index contributed by atoms with van der Waals surface area (Å²) < 4.78 is 1.77. The molecule has 3 heterocycles. The highest BCUT2D eigenvalue weighted by Crippen LogP contribution is 2.31. The number of aryl methyl sites for hydroxylation is 2. The number of aromatic nitrogens is 3. The predicted octanol–water partition coefficient (Wildman–Crippen LogP) is 2.71. The van der Waals surface area contributed by atoms with E-state index in [-0.39, 0.29) is 30.3 Å². The van der Waals surface area contributed by atoms with E-state index in [1.54, 1.807) is 10.9 Å². The Morgan fingerprint density at radius 1 is 1.20 bits per heavy atom. The molecule has 4 rings (SSSR count). The van der Waals surface area contributed by atoms with Crippen molar-refractivity contribution in [2.75, 3.05) is 13.1 Å². The summed E-state index contributed by atoms with van der Waals surface area (Å²) in [6.07, 6.45) is 8.52. The Labute approximate surface area is 178 Å². The lowest BCUT2D eigenvalue weighted by molar-refractivity contribution is -0.145. The van der Waals surface area contributed by atoms with Crippen LogP contribution in [0.5, 0.6) is 0 Å². The second-order valence-electron chi connectivity index (χ2n) is 8.68. The summed E-state index contributed by atoms with van der Waals surface area (Å²) >= 11 is 0. The molecule has 2 aromatic heterocycles. The molecule has 1 atom stereocenters. The van der Waals surface area contributed by atoms with Crippen molar-refractivity contribution in [1.29, 1.82) is 0 Å². The van der Waals surface area contributed by atoms with E-state index in [1.165, 1.54) is 0 Å². The van der Waals surface area contributed by atoms with Gasteiger partial charge in [-0.3, -0.25) is 19.3 Å². The number of hydrogen-bond donors (Lipinski definition) is 0. The smallest absolute Gasteiger partial charge is 0.244 e. The van der Waals surface area contributed by atoms with Gasteiger partial charge >= 0.3 is 0 Å². The monoisotopic (exact) mass is 409 g/mol. The van der Waals surface area contributed by atoms with Gasteiger partial charge in [-0.1, -0.05) is 12.5 Å². The van der Waals surface area contributed by atoms with E-state index in [4.69, 9.17) is 0 Å². The number of pyridine rings is 1. The van der Waals surface area contributed by atoms with Gasteiger partial charge in [0.1, 0.15) is 6.54 Å². The van der Waals surface area contributed by atoms with Crippen molar-refractivity contribution in [3.63, 3.8) is 0 Å². The fourth-order valence-electron chi connectivity index (χ4n) is 4.46. The Morgan fingerprint density at radius 2 is 2.03 bits per heavy atom. The van der Waals surface area contributed by atoms with Crippen LogP contribution in [0.15, 0.2) is 30.6 Å². The van der Waals surface area contributed by atoms with Crippen molar-refractivity contribution in [3.8, 4) is 0 Å². The number of carbonyl (C=O) groups is 2. The Hall–Kier alpha value is -2.70. The number of likely N-dealkylation sites (tertiary alicyclic amines) is 1. The molecular formula is C23H31N5O2. The second kappa shape index (κ2) is 8.98. The number of carbonyl (C=O) groups excluding carboxylic acids is 2.